The maximum Gasteiger partial charge on any atom is 0.268 e. The van der Waals surface area contributed by atoms with Crippen LogP contribution in [0.25, 0.3) is 11.3 Å². The van der Waals surface area contributed by atoms with Crippen molar-refractivity contribution in [1.82, 2.24) is 14.5 Å². The van der Waals surface area contributed by atoms with Gasteiger partial charge in [-0.05, 0) is 35.0 Å². The topological polar surface area (TPSA) is 47.8 Å². The monoisotopic (exact) mass is 279 g/mol. The Balaban J connectivity index is 2.61. The van der Waals surface area contributed by atoms with E-state index in [2.05, 4.69) is 25.9 Å². The molecular weight excluding hydrogens is 270 g/mol. The first kappa shape index (κ1) is 11.0. The van der Waals surface area contributed by atoms with Crippen molar-refractivity contribution in [2.24, 2.45) is 0 Å². The first-order valence-electron chi connectivity index (χ1n) is 4.89. The molecule has 2 rings (SSSR count). The van der Waals surface area contributed by atoms with Gasteiger partial charge in [-0.2, -0.15) is 0 Å². The van der Waals surface area contributed by atoms with E-state index in [1.54, 1.807) is 23.3 Å². The van der Waals surface area contributed by atoms with Crippen LogP contribution >= 0.6 is 15.9 Å². The van der Waals surface area contributed by atoms with Crippen molar-refractivity contribution < 1.29 is 0 Å². The Hall–Kier alpha value is -1.49. The zero-order valence-corrected chi connectivity index (χ0v) is 10.3. The Morgan fingerprint density at radius 2 is 2.06 bits per heavy atom. The SMILES string of the molecule is CCn1cnc(-c2ccncc2)c(Br)c1=O. The Labute approximate surface area is 101 Å². The van der Waals surface area contributed by atoms with Gasteiger partial charge in [-0.25, -0.2) is 4.98 Å². The molecule has 0 saturated heterocycles. The highest BCUT2D eigenvalue weighted by molar-refractivity contribution is 9.10. The Morgan fingerprint density at radius 3 is 2.69 bits per heavy atom. The van der Waals surface area contributed by atoms with Gasteiger partial charge >= 0.3 is 0 Å². The van der Waals surface area contributed by atoms with Crippen molar-refractivity contribution >= 4 is 15.9 Å². The molecule has 2 aromatic rings. The molecule has 0 unspecified atom stereocenters. The van der Waals surface area contributed by atoms with Gasteiger partial charge in [0, 0.05) is 24.5 Å². The van der Waals surface area contributed by atoms with Crippen molar-refractivity contribution in [3.8, 4) is 11.3 Å². The number of nitrogens with zero attached hydrogens (tertiary/aromatic N) is 3. The molecule has 4 nitrogen and oxygen atoms in total. The van der Waals surface area contributed by atoms with Gasteiger partial charge in [0.05, 0.1) is 12.0 Å². The molecule has 2 heterocycles. The van der Waals surface area contributed by atoms with E-state index in [4.69, 9.17) is 0 Å². The molecule has 0 aliphatic heterocycles. The van der Waals surface area contributed by atoms with Crippen LogP contribution in [0.4, 0.5) is 0 Å². The summed E-state index contributed by atoms with van der Waals surface area (Å²) in [5, 5.41) is 0. The van der Waals surface area contributed by atoms with Crippen molar-refractivity contribution in [3.05, 3.63) is 45.7 Å². The van der Waals surface area contributed by atoms with Crippen LogP contribution in [0.2, 0.25) is 0 Å². The molecule has 0 saturated carbocycles. The number of halogens is 1. The summed E-state index contributed by atoms with van der Waals surface area (Å²) in [7, 11) is 0. The van der Waals surface area contributed by atoms with Crippen LogP contribution in [-0.4, -0.2) is 14.5 Å². The number of hydrogen-bond donors (Lipinski definition) is 0. The van der Waals surface area contributed by atoms with E-state index in [9.17, 15) is 4.79 Å². The molecule has 0 atom stereocenters. The predicted molar refractivity (Wildman–Crippen MR) is 65.1 cm³/mol. The Bertz CT molecular complexity index is 551. The number of rotatable bonds is 2. The summed E-state index contributed by atoms with van der Waals surface area (Å²) in [4.78, 5) is 20.1. The molecule has 0 spiro atoms. The molecule has 0 fully saturated rings. The second kappa shape index (κ2) is 4.57. The average Bonchev–Trinajstić information content (AvgIpc) is 2.34. The van der Waals surface area contributed by atoms with Gasteiger partial charge in [-0.1, -0.05) is 0 Å². The number of pyridine rings is 1. The van der Waals surface area contributed by atoms with Crippen LogP contribution in [0.5, 0.6) is 0 Å². The van der Waals surface area contributed by atoms with Crippen molar-refractivity contribution in [2.45, 2.75) is 13.5 Å². The summed E-state index contributed by atoms with van der Waals surface area (Å²) in [5.41, 5.74) is 1.46. The molecule has 0 aromatic carbocycles. The third kappa shape index (κ3) is 1.90. The molecule has 0 aliphatic carbocycles. The fourth-order valence-corrected chi connectivity index (χ4v) is 1.96. The van der Waals surface area contributed by atoms with Crippen LogP contribution in [0.15, 0.2) is 40.1 Å². The highest BCUT2D eigenvalue weighted by Gasteiger charge is 2.09. The lowest BCUT2D eigenvalue weighted by molar-refractivity contribution is 0.703. The van der Waals surface area contributed by atoms with Crippen LogP contribution in [0.3, 0.4) is 0 Å². The van der Waals surface area contributed by atoms with Gasteiger partial charge in [0.25, 0.3) is 5.56 Å². The van der Waals surface area contributed by atoms with Gasteiger partial charge < -0.3 is 0 Å². The van der Waals surface area contributed by atoms with Crippen LogP contribution < -0.4 is 5.56 Å². The number of hydrogen-bond acceptors (Lipinski definition) is 3. The average molecular weight is 280 g/mol. The van der Waals surface area contributed by atoms with Gasteiger partial charge in [0.2, 0.25) is 0 Å². The van der Waals surface area contributed by atoms with Crippen molar-refractivity contribution in [2.75, 3.05) is 0 Å². The highest BCUT2D eigenvalue weighted by Crippen LogP contribution is 2.21. The Kier molecular flexibility index (Phi) is 3.14. The van der Waals surface area contributed by atoms with Crippen LogP contribution in [0.1, 0.15) is 6.92 Å². The molecule has 82 valence electrons. The minimum absolute atomic E-state index is 0.0655. The summed E-state index contributed by atoms with van der Waals surface area (Å²) in [6.07, 6.45) is 4.91. The second-order valence-corrected chi connectivity index (χ2v) is 4.03. The maximum atomic E-state index is 11.9. The van der Waals surface area contributed by atoms with Gasteiger partial charge in [-0.15, -0.1) is 0 Å². The summed E-state index contributed by atoms with van der Waals surface area (Å²) < 4.78 is 2.04. The molecule has 0 bridgehead atoms. The minimum Gasteiger partial charge on any atom is -0.299 e. The lowest BCUT2D eigenvalue weighted by atomic mass is 10.2. The van der Waals surface area contributed by atoms with E-state index in [0.29, 0.717) is 16.7 Å². The first-order valence-corrected chi connectivity index (χ1v) is 5.68. The lowest BCUT2D eigenvalue weighted by Gasteiger charge is -2.06. The van der Waals surface area contributed by atoms with E-state index < -0.39 is 0 Å². The Morgan fingerprint density at radius 1 is 1.38 bits per heavy atom. The molecule has 2 aromatic heterocycles. The molecule has 5 heteroatoms. The van der Waals surface area contributed by atoms with E-state index >= 15 is 0 Å². The predicted octanol–water partition coefficient (Wildman–Crippen LogP) is 2.09. The molecule has 0 aliphatic rings. The van der Waals surface area contributed by atoms with Crippen LogP contribution in [-0.2, 0) is 6.54 Å². The summed E-state index contributed by atoms with van der Waals surface area (Å²) >= 11 is 3.29. The third-order valence-corrected chi connectivity index (χ3v) is 2.99. The van der Waals surface area contributed by atoms with Crippen molar-refractivity contribution in [1.29, 1.82) is 0 Å². The highest BCUT2D eigenvalue weighted by atomic mass is 79.9. The quantitative estimate of drug-likeness (QED) is 0.846. The standard InChI is InChI=1S/C11H10BrN3O/c1-2-15-7-14-10(9(12)11(15)16)8-3-5-13-6-4-8/h3-7H,2H2,1H3. The van der Waals surface area contributed by atoms with E-state index in [-0.39, 0.29) is 5.56 Å². The minimum atomic E-state index is -0.0655. The lowest BCUT2D eigenvalue weighted by Crippen LogP contribution is -2.20. The second-order valence-electron chi connectivity index (χ2n) is 3.23. The summed E-state index contributed by atoms with van der Waals surface area (Å²) in [5.74, 6) is 0. The fourth-order valence-electron chi connectivity index (χ4n) is 1.40. The van der Waals surface area contributed by atoms with E-state index in [1.807, 2.05) is 19.1 Å². The molecule has 0 N–H and O–H groups in total. The molecule has 16 heavy (non-hydrogen) atoms. The van der Waals surface area contributed by atoms with Crippen molar-refractivity contribution in [3.63, 3.8) is 0 Å². The largest absolute Gasteiger partial charge is 0.299 e. The van der Waals surface area contributed by atoms with Crippen LogP contribution in [0, 0.1) is 0 Å². The van der Waals surface area contributed by atoms with E-state index in [1.165, 1.54) is 0 Å². The smallest absolute Gasteiger partial charge is 0.268 e. The fraction of sp³-hybridized carbons (Fsp3) is 0.182. The van der Waals surface area contributed by atoms with Gasteiger partial charge in [0.15, 0.2) is 0 Å². The number of aryl methyl sites for hydroxylation is 1. The number of aromatic nitrogens is 3. The maximum absolute atomic E-state index is 11.9. The normalized spacial score (nSPS) is 10.4. The molecule has 0 radical (unpaired) electrons. The molecular formula is C11H10BrN3O. The first-order chi connectivity index (χ1) is 7.74. The molecule has 0 amide bonds. The summed E-state index contributed by atoms with van der Waals surface area (Å²) in [6.45, 7) is 2.52. The summed E-state index contributed by atoms with van der Waals surface area (Å²) in [6, 6.07) is 3.64. The van der Waals surface area contributed by atoms with Gasteiger partial charge in [0.1, 0.15) is 4.47 Å². The zero-order chi connectivity index (χ0) is 11.5. The van der Waals surface area contributed by atoms with E-state index in [0.717, 1.165) is 5.56 Å². The van der Waals surface area contributed by atoms with Gasteiger partial charge in [-0.3, -0.25) is 14.3 Å². The zero-order valence-electron chi connectivity index (χ0n) is 8.72. The third-order valence-electron chi connectivity index (χ3n) is 2.28.